The van der Waals surface area contributed by atoms with E-state index < -0.39 is 6.04 Å². The lowest BCUT2D eigenvalue weighted by Crippen LogP contribution is -2.46. The van der Waals surface area contributed by atoms with E-state index in [0.29, 0.717) is 0 Å². The molecule has 0 saturated carbocycles. The third-order valence-corrected chi connectivity index (χ3v) is 5.27. The average molecular weight is 392 g/mol. The molecule has 1 saturated heterocycles. The molecule has 0 aliphatic carbocycles. The quantitative estimate of drug-likeness (QED) is 0.759. The van der Waals surface area contributed by atoms with Gasteiger partial charge in [-0.05, 0) is 56.0 Å². The number of hydrogen-bond acceptors (Lipinski definition) is 3. The summed E-state index contributed by atoms with van der Waals surface area (Å²) < 4.78 is 5.12. The van der Waals surface area contributed by atoms with Gasteiger partial charge in [-0.15, -0.1) is 0 Å². The van der Waals surface area contributed by atoms with Gasteiger partial charge in [-0.3, -0.25) is 9.59 Å². The zero-order valence-electron chi connectivity index (χ0n) is 17.2. The molecule has 2 unspecified atom stereocenters. The number of carbonyl (C=O) groups is 2. The van der Waals surface area contributed by atoms with Crippen LogP contribution >= 0.6 is 0 Å². The summed E-state index contributed by atoms with van der Waals surface area (Å²) in [7, 11) is 1.61. The van der Waals surface area contributed by atoms with E-state index >= 15 is 0 Å². The van der Waals surface area contributed by atoms with Gasteiger partial charge in [0.25, 0.3) is 0 Å². The van der Waals surface area contributed by atoms with Gasteiger partial charge in [-0.25, -0.2) is 0 Å². The Morgan fingerprint density at radius 3 is 2.48 bits per heavy atom. The molecule has 1 aliphatic heterocycles. The zero-order chi connectivity index (χ0) is 20.8. The van der Waals surface area contributed by atoms with Crippen molar-refractivity contribution in [2.24, 2.45) is 0 Å². The third kappa shape index (κ3) is 5.25. The number of benzene rings is 2. The highest BCUT2D eigenvalue weighted by atomic mass is 16.5. The lowest BCUT2D eigenvalue weighted by molar-refractivity contribution is -0.136. The Balaban J connectivity index is 1.59. The molecule has 0 radical (unpaired) electrons. The summed E-state index contributed by atoms with van der Waals surface area (Å²) in [6, 6.07) is 15.2. The van der Waals surface area contributed by atoms with Crippen molar-refractivity contribution >= 4 is 17.9 Å². The van der Waals surface area contributed by atoms with Crippen LogP contribution < -0.4 is 10.1 Å². The minimum absolute atomic E-state index is 0.0423. The van der Waals surface area contributed by atoms with Gasteiger partial charge in [0.1, 0.15) is 11.8 Å². The number of nitrogens with zero attached hydrogens (tertiary/aromatic N) is 1. The number of likely N-dealkylation sites (tertiary alicyclic amines) is 1. The van der Waals surface area contributed by atoms with Crippen LogP contribution in [0.4, 0.5) is 0 Å². The Kier molecular flexibility index (Phi) is 6.70. The predicted molar refractivity (Wildman–Crippen MR) is 114 cm³/mol. The van der Waals surface area contributed by atoms with Gasteiger partial charge in [-0.2, -0.15) is 0 Å². The highest BCUT2D eigenvalue weighted by Crippen LogP contribution is 2.32. The summed E-state index contributed by atoms with van der Waals surface area (Å²) in [4.78, 5) is 27.1. The molecule has 5 nitrogen and oxygen atoms in total. The Morgan fingerprint density at radius 1 is 1.14 bits per heavy atom. The molecular formula is C24H28N2O3. The van der Waals surface area contributed by atoms with Crippen LogP contribution in [0.2, 0.25) is 0 Å². The number of nitrogens with one attached hydrogen (secondary N) is 1. The third-order valence-electron chi connectivity index (χ3n) is 5.27. The minimum Gasteiger partial charge on any atom is -0.497 e. The zero-order valence-corrected chi connectivity index (χ0v) is 17.2. The van der Waals surface area contributed by atoms with Crippen LogP contribution in [-0.2, 0) is 9.59 Å². The first-order chi connectivity index (χ1) is 14.0. The van der Waals surface area contributed by atoms with E-state index in [0.717, 1.165) is 36.3 Å². The smallest absolute Gasteiger partial charge is 0.245 e. The maximum Gasteiger partial charge on any atom is 0.245 e. The van der Waals surface area contributed by atoms with E-state index in [9.17, 15) is 9.59 Å². The number of amides is 2. The number of ether oxygens (including phenoxy) is 1. The summed E-state index contributed by atoms with van der Waals surface area (Å²) in [5.41, 5.74) is 3.24. The van der Waals surface area contributed by atoms with Gasteiger partial charge < -0.3 is 15.0 Å². The van der Waals surface area contributed by atoms with Gasteiger partial charge in [0.2, 0.25) is 11.8 Å². The van der Waals surface area contributed by atoms with Crippen LogP contribution in [0.3, 0.4) is 0 Å². The molecule has 1 fully saturated rings. The molecule has 2 aromatic rings. The minimum atomic E-state index is -0.575. The molecular weight excluding hydrogens is 364 g/mol. The van der Waals surface area contributed by atoms with E-state index in [-0.39, 0.29) is 17.9 Å². The van der Waals surface area contributed by atoms with Crippen LogP contribution in [0.15, 0.2) is 54.6 Å². The summed E-state index contributed by atoms with van der Waals surface area (Å²) in [5, 5.41) is 2.79. The lowest BCUT2D eigenvalue weighted by atomic mass is 10.0. The van der Waals surface area contributed by atoms with Crippen LogP contribution in [0.1, 0.15) is 42.5 Å². The standard InChI is InChI=1S/C24H28N2O3/c1-17-6-11-20(12-7-17)22-5-4-16-26(22)24(28)18(2)25-23(27)15-10-19-8-13-21(29-3)14-9-19/h6-15,18,22H,4-5,16H2,1-3H3,(H,25,27)/b15-10+. The van der Waals surface area contributed by atoms with Crippen LogP contribution in [-0.4, -0.2) is 36.4 Å². The number of hydrogen-bond donors (Lipinski definition) is 1. The van der Waals surface area contributed by atoms with Crippen molar-refractivity contribution in [3.63, 3.8) is 0 Å². The van der Waals surface area contributed by atoms with Gasteiger partial charge in [0, 0.05) is 12.6 Å². The van der Waals surface area contributed by atoms with E-state index in [2.05, 4.69) is 36.5 Å². The molecule has 2 atom stereocenters. The Morgan fingerprint density at radius 2 is 1.83 bits per heavy atom. The number of carbonyl (C=O) groups excluding carboxylic acids is 2. The second-order valence-electron chi connectivity index (χ2n) is 7.44. The number of methoxy groups -OCH3 is 1. The van der Waals surface area contributed by atoms with E-state index in [1.54, 1.807) is 20.1 Å². The molecule has 3 rings (SSSR count). The molecule has 1 heterocycles. The van der Waals surface area contributed by atoms with Gasteiger partial charge >= 0.3 is 0 Å². The first-order valence-corrected chi connectivity index (χ1v) is 9.97. The molecule has 1 N–H and O–H groups in total. The van der Waals surface area contributed by atoms with Crippen LogP contribution in [0.5, 0.6) is 5.75 Å². The van der Waals surface area contributed by atoms with Gasteiger partial charge in [0.15, 0.2) is 0 Å². The van der Waals surface area contributed by atoms with E-state index in [4.69, 9.17) is 4.74 Å². The summed E-state index contributed by atoms with van der Waals surface area (Å²) in [6.45, 7) is 4.52. The molecule has 1 aliphatic rings. The maximum absolute atomic E-state index is 12.9. The van der Waals surface area contributed by atoms with Gasteiger partial charge in [-0.1, -0.05) is 42.0 Å². The van der Waals surface area contributed by atoms with Crippen molar-refractivity contribution in [1.82, 2.24) is 10.2 Å². The van der Waals surface area contributed by atoms with Crippen molar-refractivity contribution in [1.29, 1.82) is 0 Å². The normalized spacial score (nSPS) is 17.3. The van der Waals surface area contributed by atoms with Crippen LogP contribution in [0.25, 0.3) is 6.08 Å². The number of aryl methyl sites for hydroxylation is 1. The van der Waals surface area contributed by atoms with Crippen molar-refractivity contribution in [3.05, 3.63) is 71.3 Å². The molecule has 2 aromatic carbocycles. The molecule has 5 heteroatoms. The molecule has 0 aromatic heterocycles. The topological polar surface area (TPSA) is 58.6 Å². The maximum atomic E-state index is 12.9. The molecule has 29 heavy (non-hydrogen) atoms. The first-order valence-electron chi connectivity index (χ1n) is 9.97. The van der Waals surface area contributed by atoms with Crippen molar-refractivity contribution in [2.45, 2.75) is 38.8 Å². The summed E-state index contributed by atoms with van der Waals surface area (Å²) in [5.74, 6) is 0.437. The van der Waals surface area contributed by atoms with E-state index in [1.807, 2.05) is 29.2 Å². The molecule has 0 bridgehead atoms. The Bertz CT molecular complexity index is 872. The fourth-order valence-corrected chi connectivity index (χ4v) is 3.62. The van der Waals surface area contributed by atoms with E-state index in [1.165, 1.54) is 11.6 Å². The molecule has 2 amide bonds. The fraction of sp³-hybridized carbons (Fsp3) is 0.333. The summed E-state index contributed by atoms with van der Waals surface area (Å²) >= 11 is 0. The summed E-state index contributed by atoms with van der Waals surface area (Å²) in [6.07, 6.45) is 5.10. The van der Waals surface area contributed by atoms with Crippen molar-refractivity contribution in [2.75, 3.05) is 13.7 Å². The first kappa shape index (κ1) is 20.6. The second-order valence-corrected chi connectivity index (χ2v) is 7.44. The van der Waals surface area contributed by atoms with Crippen molar-refractivity contribution in [3.8, 4) is 5.75 Å². The highest BCUT2D eigenvalue weighted by molar-refractivity contribution is 5.95. The number of rotatable bonds is 6. The SMILES string of the molecule is COc1ccc(/C=C/C(=O)NC(C)C(=O)N2CCCC2c2ccc(C)cc2)cc1. The van der Waals surface area contributed by atoms with Crippen molar-refractivity contribution < 1.29 is 14.3 Å². The monoisotopic (exact) mass is 392 g/mol. The second kappa shape index (κ2) is 9.41. The largest absolute Gasteiger partial charge is 0.497 e. The van der Waals surface area contributed by atoms with Crippen LogP contribution in [0, 0.1) is 6.92 Å². The Hall–Kier alpha value is -3.08. The fourth-order valence-electron chi connectivity index (χ4n) is 3.62. The van der Waals surface area contributed by atoms with Gasteiger partial charge in [0.05, 0.1) is 13.2 Å². The Labute approximate surface area is 172 Å². The lowest BCUT2D eigenvalue weighted by Gasteiger charge is -2.28. The highest BCUT2D eigenvalue weighted by Gasteiger charge is 2.32. The predicted octanol–water partition coefficient (Wildman–Crippen LogP) is 3.89. The average Bonchev–Trinajstić information content (AvgIpc) is 3.22. The molecule has 152 valence electrons. The molecule has 0 spiro atoms.